The number of carboxylic acid groups (broad SMARTS) is 1. The molecule has 2 heterocycles. The van der Waals surface area contributed by atoms with E-state index in [1.54, 1.807) is 12.1 Å². The molecule has 0 saturated heterocycles. The molecule has 7 heteroatoms. The molecule has 0 aliphatic rings. The van der Waals surface area contributed by atoms with Crippen LogP contribution in [0.1, 0.15) is 16.1 Å². The number of hydrogen-bond donors (Lipinski definition) is 3. The number of nitrogens with zero attached hydrogens (tertiary/aromatic N) is 2. The number of aromatic carboxylic acids is 1. The SMILES string of the molecule is Cc1c(-c2nc3ccc(C(=O)O)cc3[nH]2)c2ccccc2n1CC(N)=O. The molecule has 0 fully saturated rings. The van der Waals surface area contributed by atoms with Crippen LogP contribution in [0.5, 0.6) is 0 Å². The number of carboxylic acids is 1. The van der Waals surface area contributed by atoms with Crippen molar-refractivity contribution in [1.29, 1.82) is 0 Å². The molecule has 4 aromatic rings. The molecule has 130 valence electrons. The third-order valence-corrected chi connectivity index (χ3v) is 4.51. The minimum atomic E-state index is -0.989. The van der Waals surface area contributed by atoms with Gasteiger partial charge in [-0.3, -0.25) is 4.79 Å². The number of rotatable bonds is 4. The van der Waals surface area contributed by atoms with E-state index in [0.717, 1.165) is 22.2 Å². The van der Waals surface area contributed by atoms with Crippen molar-refractivity contribution in [3.63, 3.8) is 0 Å². The van der Waals surface area contributed by atoms with Gasteiger partial charge in [-0.1, -0.05) is 18.2 Å². The molecule has 26 heavy (non-hydrogen) atoms. The highest BCUT2D eigenvalue weighted by Gasteiger charge is 2.19. The van der Waals surface area contributed by atoms with Crippen LogP contribution in [0.25, 0.3) is 33.3 Å². The van der Waals surface area contributed by atoms with Gasteiger partial charge in [0.1, 0.15) is 12.4 Å². The number of H-pyrrole nitrogens is 1. The van der Waals surface area contributed by atoms with Crippen LogP contribution in [0.2, 0.25) is 0 Å². The Morgan fingerprint density at radius 1 is 1.23 bits per heavy atom. The topological polar surface area (TPSA) is 114 Å². The minimum absolute atomic E-state index is 0.0791. The van der Waals surface area contributed by atoms with Crippen LogP contribution in [-0.4, -0.2) is 31.5 Å². The van der Waals surface area contributed by atoms with Crippen LogP contribution < -0.4 is 5.73 Å². The molecule has 0 saturated carbocycles. The Morgan fingerprint density at radius 2 is 2.00 bits per heavy atom. The number of nitrogens with one attached hydrogen (secondary N) is 1. The molecule has 0 radical (unpaired) electrons. The quantitative estimate of drug-likeness (QED) is 0.526. The van der Waals surface area contributed by atoms with E-state index in [4.69, 9.17) is 10.8 Å². The van der Waals surface area contributed by atoms with Gasteiger partial charge in [0.25, 0.3) is 0 Å². The van der Waals surface area contributed by atoms with E-state index in [0.29, 0.717) is 16.9 Å². The second-order valence-corrected chi connectivity index (χ2v) is 6.15. The minimum Gasteiger partial charge on any atom is -0.478 e. The van der Waals surface area contributed by atoms with Gasteiger partial charge < -0.3 is 20.4 Å². The highest BCUT2D eigenvalue weighted by atomic mass is 16.4. The van der Waals surface area contributed by atoms with Crippen molar-refractivity contribution in [3.05, 3.63) is 53.7 Å². The van der Waals surface area contributed by atoms with E-state index >= 15 is 0 Å². The monoisotopic (exact) mass is 348 g/mol. The van der Waals surface area contributed by atoms with Gasteiger partial charge >= 0.3 is 5.97 Å². The molecule has 2 aromatic carbocycles. The molecule has 2 aromatic heterocycles. The third-order valence-electron chi connectivity index (χ3n) is 4.51. The molecule has 0 bridgehead atoms. The van der Waals surface area contributed by atoms with E-state index in [1.807, 2.05) is 35.8 Å². The zero-order valence-corrected chi connectivity index (χ0v) is 14.0. The Bertz CT molecular complexity index is 1190. The first-order valence-corrected chi connectivity index (χ1v) is 8.05. The predicted octanol–water partition coefficient (Wildman–Crippen LogP) is 2.68. The maximum atomic E-state index is 11.5. The smallest absolute Gasteiger partial charge is 0.335 e. The molecule has 0 aliphatic heterocycles. The number of carbonyl (C=O) groups is 2. The number of aromatic nitrogens is 3. The first-order chi connectivity index (χ1) is 12.5. The molecule has 4 N–H and O–H groups in total. The number of carbonyl (C=O) groups excluding carboxylic acids is 1. The van der Waals surface area contributed by atoms with Crippen molar-refractivity contribution in [2.75, 3.05) is 0 Å². The van der Waals surface area contributed by atoms with E-state index in [-0.39, 0.29) is 12.1 Å². The number of fused-ring (bicyclic) bond motifs is 2. The van der Waals surface area contributed by atoms with Crippen LogP contribution in [0.3, 0.4) is 0 Å². The zero-order chi connectivity index (χ0) is 18.4. The Hall–Kier alpha value is -3.61. The van der Waals surface area contributed by atoms with E-state index in [1.165, 1.54) is 6.07 Å². The van der Waals surface area contributed by atoms with Crippen molar-refractivity contribution >= 4 is 33.8 Å². The summed E-state index contributed by atoms with van der Waals surface area (Å²) in [6.45, 7) is 1.99. The lowest BCUT2D eigenvalue weighted by molar-refractivity contribution is -0.118. The van der Waals surface area contributed by atoms with Crippen LogP contribution >= 0.6 is 0 Å². The average Bonchev–Trinajstić information content (AvgIpc) is 3.13. The largest absolute Gasteiger partial charge is 0.478 e. The van der Waals surface area contributed by atoms with Crippen molar-refractivity contribution in [2.24, 2.45) is 5.73 Å². The fraction of sp³-hybridized carbons (Fsp3) is 0.105. The first-order valence-electron chi connectivity index (χ1n) is 8.05. The third kappa shape index (κ3) is 2.41. The average molecular weight is 348 g/mol. The number of benzene rings is 2. The lowest BCUT2D eigenvalue weighted by atomic mass is 10.1. The predicted molar refractivity (Wildman–Crippen MR) is 97.9 cm³/mol. The van der Waals surface area contributed by atoms with Crippen LogP contribution in [0.4, 0.5) is 0 Å². The van der Waals surface area contributed by atoms with E-state index in [9.17, 15) is 9.59 Å². The molecule has 0 spiro atoms. The number of hydrogen-bond acceptors (Lipinski definition) is 3. The second kappa shape index (κ2) is 5.73. The summed E-state index contributed by atoms with van der Waals surface area (Å²) in [6, 6.07) is 12.5. The Kier molecular flexibility index (Phi) is 3.50. The number of aromatic amines is 1. The van der Waals surface area contributed by atoms with Crippen molar-refractivity contribution in [3.8, 4) is 11.4 Å². The maximum Gasteiger partial charge on any atom is 0.335 e. The Balaban J connectivity index is 1.97. The summed E-state index contributed by atoms with van der Waals surface area (Å²) in [4.78, 5) is 30.5. The normalized spacial score (nSPS) is 11.3. The van der Waals surface area contributed by atoms with Gasteiger partial charge in [0, 0.05) is 22.2 Å². The summed E-state index contributed by atoms with van der Waals surface area (Å²) in [5, 5.41) is 10.1. The summed E-state index contributed by atoms with van der Waals surface area (Å²) in [5.41, 5.74) is 9.54. The summed E-state index contributed by atoms with van der Waals surface area (Å²) >= 11 is 0. The lowest BCUT2D eigenvalue weighted by Gasteiger charge is -2.05. The summed E-state index contributed by atoms with van der Waals surface area (Å²) in [5.74, 6) is -0.784. The summed E-state index contributed by atoms with van der Waals surface area (Å²) in [7, 11) is 0. The number of amides is 1. The van der Waals surface area contributed by atoms with Gasteiger partial charge in [-0.05, 0) is 31.2 Å². The molecule has 4 rings (SSSR count). The van der Waals surface area contributed by atoms with Crippen molar-refractivity contribution < 1.29 is 14.7 Å². The maximum absolute atomic E-state index is 11.5. The number of para-hydroxylation sites is 1. The van der Waals surface area contributed by atoms with Crippen molar-refractivity contribution in [1.82, 2.24) is 14.5 Å². The van der Waals surface area contributed by atoms with Crippen LogP contribution in [-0.2, 0) is 11.3 Å². The highest BCUT2D eigenvalue weighted by molar-refractivity contribution is 5.99. The molecule has 1 amide bonds. The fourth-order valence-electron chi connectivity index (χ4n) is 3.35. The first kappa shape index (κ1) is 15.9. The van der Waals surface area contributed by atoms with Gasteiger partial charge in [0.15, 0.2) is 0 Å². The zero-order valence-electron chi connectivity index (χ0n) is 14.0. The van der Waals surface area contributed by atoms with Gasteiger partial charge in [-0.2, -0.15) is 0 Å². The van der Waals surface area contributed by atoms with Gasteiger partial charge in [-0.25, -0.2) is 9.78 Å². The molecule has 0 unspecified atom stereocenters. The Labute approximate surface area is 148 Å². The van der Waals surface area contributed by atoms with Crippen LogP contribution in [0, 0.1) is 6.92 Å². The standard InChI is InChI=1S/C19H16N4O3/c1-10-17(12-4-2-3-5-15(12)23(10)9-16(20)24)18-21-13-7-6-11(19(25)26)8-14(13)22-18/h2-8H,9H2,1H3,(H2,20,24)(H,21,22)(H,25,26). The molecule has 7 nitrogen and oxygen atoms in total. The summed E-state index contributed by atoms with van der Waals surface area (Å²) < 4.78 is 1.86. The molecular formula is C19H16N4O3. The second-order valence-electron chi connectivity index (χ2n) is 6.15. The molecule has 0 atom stereocenters. The van der Waals surface area contributed by atoms with E-state index < -0.39 is 11.9 Å². The van der Waals surface area contributed by atoms with E-state index in [2.05, 4.69) is 9.97 Å². The van der Waals surface area contributed by atoms with Crippen LogP contribution in [0.15, 0.2) is 42.5 Å². The van der Waals surface area contributed by atoms with Gasteiger partial charge in [-0.15, -0.1) is 0 Å². The van der Waals surface area contributed by atoms with Gasteiger partial charge in [0.2, 0.25) is 5.91 Å². The lowest BCUT2D eigenvalue weighted by Crippen LogP contribution is -2.19. The Morgan fingerprint density at radius 3 is 2.73 bits per heavy atom. The number of nitrogens with two attached hydrogens (primary N) is 1. The number of primary amides is 1. The molecule has 0 aliphatic carbocycles. The van der Waals surface area contributed by atoms with Crippen molar-refractivity contribution in [2.45, 2.75) is 13.5 Å². The van der Waals surface area contributed by atoms with Gasteiger partial charge in [0.05, 0.1) is 16.6 Å². The summed E-state index contributed by atoms with van der Waals surface area (Å²) in [6.07, 6.45) is 0. The fourth-order valence-corrected chi connectivity index (χ4v) is 3.35. The highest BCUT2D eigenvalue weighted by Crippen LogP contribution is 2.34. The molecular weight excluding hydrogens is 332 g/mol. The number of imidazole rings is 1.